The Bertz CT molecular complexity index is 364. The predicted molar refractivity (Wildman–Crippen MR) is 53.5 cm³/mol. The second-order valence-corrected chi connectivity index (χ2v) is 3.06. The minimum Gasteiger partial charge on any atom is -0.394 e. The number of aromatic amines is 1. The van der Waals surface area contributed by atoms with E-state index in [2.05, 4.69) is 15.3 Å². The van der Waals surface area contributed by atoms with Gasteiger partial charge in [-0.2, -0.15) is 0 Å². The van der Waals surface area contributed by atoms with E-state index in [4.69, 9.17) is 5.11 Å². The quantitative estimate of drug-likeness (QED) is 0.612. The molecule has 1 atom stereocenters. The van der Waals surface area contributed by atoms with Crippen molar-refractivity contribution in [2.45, 2.75) is 19.4 Å². The zero-order valence-electron chi connectivity index (χ0n) is 8.36. The summed E-state index contributed by atoms with van der Waals surface area (Å²) in [6.07, 6.45) is 2.90. The van der Waals surface area contributed by atoms with Crippen LogP contribution in [0.1, 0.15) is 23.8 Å². The Labute approximate surface area is 86.4 Å². The van der Waals surface area contributed by atoms with Crippen LogP contribution in [-0.2, 0) is 0 Å². The van der Waals surface area contributed by atoms with Crippen LogP contribution in [0.15, 0.2) is 17.2 Å². The van der Waals surface area contributed by atoms with Gasteiger partial charge in [0.05, 0.1) is 18.8 Å². The van der Waals surface area contributed by atoms with E-state index in [1.165, 1.54) is 6.20 Å². The molecule has 1 aromatic rings. The first-order chi connectivity index (χ1) is 7.17. The molecule has 82 valence electrons. The highest BCUT2D eigenvalue weighted by Crippen LogP contribution is 1.93. The van der Waals surface area contributed by atoms with Crippen molar-refractivity contribution >= 4 is 5.91 Å². The van der Waals surface area contributed by atoms with Gasteiger partial charge in [-0.3, -0.25) is 9.59 Å². The van der Waals surface area contributed by atoms with E-state index in [0.717, 1.165) is 6.20 Å². The molecule has 0 saturated carbocycles. The summed E-state index contributed by atoms with van der Waals surface area (Å²) < 4.78 is 0. The van der Waals surface area contributed by atoms with Gasteiger partial charge < -0.3 is 15.4 Å². The molecule has 0 unspecified atom stereocenters. The predicted octanol–water partition coefficient (Wildman–Crippen LogP) is -0.729. The maximum Gasteiger partial charge on any atom is 0.271 e. The molecular weight excluding hydrogens is 198 g/mol. The van der Waals surface area contributed by atoms with Crippen LogP contribution in [0.25, 0.3) is 0 Å². The maximum absolute atomic E-state index is 11.5. The van der Waals surface area contributed by atoms with Crippen LogP contribution < -0.4 is 10.9 Å². The smallest absolute Gasteiger partial charge is 0.271 e. The number of hydrogen-bond donors (Lipinski definition) is 3. The molecular formula is C9H13N3O3. The van der Waals surface area contributed by atoms with E-state index < -0.39 is 5.91 Å². The minimum absolute atomic E-state index is 0.119. The fraction of sp³-hybridized carbons (Fsp3) is 0.444. The van der Waals surface area contributed by atoms with Crippen molar-refractivity contribution in [2.24, 2.45) is 0 Å². The van der Waals surface area contributed by atoms with Gasteiger partial charge in [0.1, 0.15) is 5.69 Å². The number of aromatic nitrogens is 2. The molecule has 0 fully saturated rings. The van der Waals surface area contributed by atoms with E-state index in [0.29, 0.717) is 6.42 Å². The Balaban J connectivity index is 2.68. The summed E-state index contributed by atoms with van der Waals surface area (Å²) in [5.41, 5.74) is -0.234. The summed E-state index contributed by atoms with van der Waals surface area (Å²) in [6.45, 7) is 1.73. The Morgan fingerprint density at radius 3 is 2.93 bits per heavy atom. The minimum atomic E-state index is -0.410. The topological polar surface area (TPSA) is 95.1 Å². The molecule has 1 amide bonds. The van der Waals surface area contributed by atoms with Gasteiger partial charge in [0.15, 0.2) is 0 Å². The van der Waals surface area contributed by atoms with Crippen molar-refractivity contribution in [3.63, 3.8) is 0 Å². The molecule has 0 aliphatic heterocycles. The number of H-pyrrole nitrogens is 1. The van der Waals surface area contributed by atoms with Gasteiger partial charge in [-0.15, -0.1) is 0 Å². The molecule has 3 N–H and O–H groups in total. The van der Waals surface area contributed by atoms with Crippen molar-refractivity contribution in [3.8, 4) is 0 Å². The Morgan fingerprint density at radius 1 is 1.73 bits per heavy atom. The van der Waals surface area contributed by atoms with Crippen LogP contribution in [0.4, 0.5) is 0 Å². The number of carbonyl (C=O) groups is 1. The lowest BCUT2D eigenvalue weighted by Crippen LogP contribution is -2.37. The summed E-state index contributed by atoms with van der Waals surface area (Å²) in [5.74, 6) is -0.410. The number of carbonyl (C=O) groups excluding carboxylic acids is 1. The number of aliphatic hydroxyl groups excluding tert-OH is 1. The van der Waals surface area contributed by atoms with Crippen LogP contribution in [0, 0.1) is 0 Å². The van der Waals surface area contributed by atoms with Crippen molar-refractivity contribution in [2.75, 3.05) is 6.61 Å². The van der Waals surface area contributed by atoms with Crippen molar-refractivity contribution in [3.05, 3.63) is 28.4 Å². The summed E-state index contributed by atoms with van der Waals surface area (Å²) in [5, 5.41) is 11.5. The standard InChI is InChI=1S/C9H13N3O3/c1-2-6(5-13)12-9(15)7-3-11-8(14)4-10-7/h3-4,6,13H,2,5H2,1H3,(H,11,14)(H,12,15)/t6-/m0/s1. The summed E-state index contributed by atoms with van der Waals surface area (Å²) in [7, 11) is 0. The van der Waals surface area contributed by atoms with E-state index in [1.807, 2.05) is 6.92 Å². The maximum atomic E-state index is 11.5. The van der Waals surface area contributed by atoms with Gasteiger partial charge in [0.25, 0.3) is 11.5 Å². The van der Waals surface area contributed by atoms with Crippen molar-refractivity contribution < 1.29 is 9.90 Å². The zero-order valence-corrected chi connectivity index (χ0v) is 8.36. The molecule has 0 aliphatic carbocycles. The average molecular weight is 211 g/mol. The number of nitrogens with one attached hydrogen (secondary N) is 2. The fourth-order valence-electron chi connectivity index (χ4n) is 1.00. The van der Waals surface area contributed by atoms with Crippen molar-refractivity contribution in [1.29, 1.82) is 0 Å². The summed E-state index contributed by atoms with van der Waals surface area (Å²) in [6, 6.07) is -0.286. The van der Waals surface area contributed by atoms with Crippen LogP contribution in [0.5, 0.6) is 0 Å². The van der Waals surface area contributed by atoms with E-state index in [-0.39, 0.29) is 23.9 Å². The highest BCUT2D eigenvalue weighted by molar-refractivity contribution is 5.92. The lowest BCUT2D eigenvalue weighted by Gasteiger charge is -2.12. The number of aliphatic hydroxyl groups is 1. The van der Waals surface area contributed by atoms with Gasteiger partial charge in [-0.25, -0.2) is 4.98 Å². The molecule has 0 aliphatic rings. The average Bonchev–Trinajstić information content (AvgIpc) is 2.26. The van der Waals surface area contributed by atoms with Crippen LogP contribution in [0.3, 0.4) is 0 Å². The first-order valence-corrected chi connectivity index (χ1v) is 4.63. The highest BCUT2D eigenvalue weighted by Gasteiger charge is 2.11. The van der Waals surface area contributed by atoms with E-state index in [9.17, 15) is 9.59 Å². The first kappa shape index (κ1) is 11.4. The number of nitrogens with zero attached hydrogens (tertiary/aromatic N) is 1. The molecule has 15 heavy (non-hydrogen) atoms. The zero-order chi connectivity index (χ0) is 11.3. The number of rotatable bonds is 4. The summed E-state index contributed by atoms with van der Waals surface area (Å²) >= 11 is 0. The van der Waals surface area contributed by atoms with Gasteiger partial charge >= 0.3 is 0 Å². The largest absolute Gasteiger partial charge is 0.394 e. The fourth-order valence-corrected chi connectivity index (χ4v) is 1.00. The van der Waals surface area contributed by atoms with Crippen LogP contribution in [-0.4, -0.2) is 33.6 Å². The summed E-state index contributed by atoms with van der Waals surface area (Å²) in [4.78, 5) is 28.2. The molecule has 6 nitrogen and oxygen atoms in total. The SMILES string of the molecule is CC[C@@H](CO)NC(=O)c1c[nH]c(=O)cn1. The second-order valence-electron chi connectivity index (χ2n) is 3.06. The van der Waals surface area contributed by atoms with Crippen molar-refractivity contribution in [1.82, 2.24) is 15.3 Å². The molecule has 1 aromatic heterocycles. The number of amides is 1. The van der Waals surface area contributed by atoms with Crippen LogP contribution in [0.2, 0.25) is 0 Å². The van der Waals surface area contributed by atoms with Gasteiger partial charge in [-0.05, 0) is 6.42 Å². The third kappa shape index (κ3) is 3.17. The first-order valence-electron chi connectivity index (χ1n) is 4.63. The molecule has 1 heterocycles. The molecule has 0 spiro atoms. The third-order valence-corrected chi connectivity index (χ3v) is 1.95. The Kier molecular flexibility index (Phi) is 3.99. The third-order valence-electron chi connectivity index (χ3n) is 1.95. The monoisotopic (exact) mass is 211 g/mol. The van der Waals surface area contributed by atoms with Gasteiger partial charge in [0.2, 0.25) is 0 Å². The Morgan fingerprint density at radius 2 is 2.47 bits per heavy atom. The molecule has 0 aromatic carbocycles. The van der Waals surface area contributed by atoms with E-state index in [1.54, 1.807) is 0 Å². The highest BCUT2D eigenvalue weighted by atomic mass is 16.3. The Hall–Kier alpha value is -1.69. The molecule has 0 saturated heterocycles. The molecule has 1 rings (SSSR count). The van der Waals surface area contributed by atoms with Gasteiger partial charge in [0, 0.05) is 6.20 Å². The van der Waals surface area contributed by atoms with E-state index >= 15 is 0 Å². The molecule has 6 heteroatoms. The lowest BCUT2D eigenvalue weighted by atomic mass is 10.2. The second kappa shape index (κ2) is 5.26. The molecule has 0 bridgehead atoms. The normalized spacial score (nSPS) is 12.1. The number of hydrogen-bond acceptors (Lipinski definition) is 4. The van der Waals surface area contributed by atoms with Crippen LogP contribution >= 0.6 is 0 Å². The molecule has 0 radical (unpaired) electrons. The lowest BCUT2D eigenvalue weighted by molar-refractivity contribution is 0.0909. The van der Waals surface area contributed by atoms with Gasteiger partial charge in [-0.1, -0.05) is 6.92 Å².